The summed E-state index contributed by atoms with van der Waals surface area (Å²) in [5.41, 5.74) is 3.05. The third-order valence-corrected chi connectivity index (χ3v) is 4.44. The first-order valence-electron chi connectivity index (χ1n) is 8.09. The van der Waals surface area contributed by atoms with Crippen molar-refractivity contribution in [2.75, 3.05) is 5.32 Å². The summed E-state index contributed by atoms with van der Waals surface area (Å²) in [5.74, 6) is -1.12. The number of carbonyl (C=O) groups is 3. The number of fused-ring (bicyclic) bond motifs is 1. The van der Waals surface area contributed by atoms with Crippen LogP contribution in [0.3, 0.4) is 0 Å². The van der Waals surface area contributed by atoms with Crippen LogP contribution in [-0.4, -0.2) is 17.7 Å². The van der Waals surface area contributed by atoms with Gasteiger partial charge in [-0.15, -0.1) is 0 Å². The van der Waals surface area contributed by atoms with Crippen LogP contribution in [0.15, 0.2) is 65.8 Å². The van der Waals surface area contributed by atoms with E-state index < -0.39 is 11.8 Å². The third-order valence-electron chi connectivity index (χ3n) is 3.95. The van der Waals surface area contributed by atoms with Crippen molar-refractivity contribution in [3.05, 3.63) is 82.5 Å². The average Bonchev–Trinajstić information content (AvgIpc) is 2.65. The van der Waals surface area contributed by atoms with Crippen LogP contribution in [0.2, 0.25) is 0 Å². The first-order chi connectivity index (χ1) is 13.0. The van der Waals surface area contributed by atoms with Crippen molar-refractivity contribution in [2.24, 2.45) is 0 Å². The monoisotopic (exact) mass is 425 g/mol. The molecule has 0 aliphatic carbocycles. The normalized spacial score (nSPS) is 14.3. The minimum absolute atomic E-state index is 0.270. The van der Waals surface area contributed by atoms with Gasteiger partial charge in [-0.25, -0.2) is 0 Å². The zero-order valence-corrected chi connectivity index (χ0v) is 15.8. The van der Waals surface area contributed by atoms with E-state index in [1.165, 1.54) is 6.08 Å². The Hall–Kier alpha value is -3.19. The fourth-order valence-corrected chi connectivity index (χ4v) is 2.97. The van der Waals surface area contributed by atoms with E-state index >= 15 is 0 Å². The van der Waals surface area contributed by atoms with E-state index in [1.54, 1.807) is 36.5 Å². The molecule has 3 N–H and O–H groups in total. The maximum Gasteiger partial charge on any atom is 0.260 e. The number of nitrogens with one attached hydrogen (secondary N) is 3. The summed E-state index contributed by atoms with van der Waals surface area (Å²) < 4.78 is 0.784. The molecule has 1 aliphatic heterocycles. The minimum Gasteiger partial charge on any atom is -0.386 e. The van der Waals surface area contributed by atoms with Gasteiger partial charge in [0.15, 0.2) is 0 Å². The Labute approximate surface area is 164 Å². The number of carbonyl (C=O) groups excluding carboxylic acids is 3. The van der Waals surface area contributed by atoms with Gasteiger partial charge in [-0.3, -0.25) is 19.7 Å². The molecule has 0 spiro atoms. The molecule has 2 aromatic rings. The fourth-order valence-electron chi connectivity index (χ4n) is 2.61. The number of hydrogen-bond donors (Lipinski definition) is 3. The Bertz CT molecular complexity index is 965. The summed E-state index contributed by atoms with van der Waals surface area (Å²) in [6.07, 6.45) is 2.80. The van der Waals surface area contributed by atoms with E-state index in [1.807, 2.05) is 12.1 Å². The Kier molecular flexibility index (Phi) is 5.52. The molecule has 0 unspecified atom stereocenters. The number of amides is 3. The van der Waals surface area contributed by atoms with Crippen LogP contribution in [0, 0.1) is 0 Å². The summed E-state index contributed by atoms with van der Waals surface area (Å²) in [7, 11) is 0. The molecule has 136 valence electrons. The molecule has 0 fully saturated rings. The molecule has 0 radical (unpaired) electrons. The Morgan fingerprint density at radius 3 is 2.52 bits per heavy atom. The molecule has 0 saturated heterocycles. The molecule has 0 saturated carbocycles. The fraction of sp³-hybridized carbons (Fsp3) is 0.0500. The van der Waals surface area contributed by atoms with Crippen molar-refractivity contribution in [3.63, 3.8) is 0 Å². The van der Waals surface area contributed by atoms with Gasteiger partial charge in [0.05, 0.1) is 5.57 Å². The van der Waals surface area contributed by atoms with Gasteiger partial charge in [-0.1, -0.05) is 34.6 Å². The first kappa shape index (κ1) is 18.6. The topological polar surface area (TPSA) is 87.3 Å². The van der Waals surface area contributed by atoms with Crippen LogP contribution in [0.25, 0.3) is 5.57 Å². The van der Waals surface area contributed by atoms with E-state index in [4.69, 9.17) is 0 Å². The molecular weight excluding hydrogens is 410 g/mol. The average molecular weight is 426 g/mol. The minimum atomic E-state index is -0.444. The Morgan fingerprint density at radius 2 is 1.81 bits per heavy atom. The van der Waals surface area contributed by atoms with Crippen molar-refractivity contribution in [1.29, 1.82) is 0 Å². The highest BCUT2D eigenvalue weighted by atomic mass is 79.9. The van der Waals surface area contributed by atoms with E-state index in [0.717, 1.165) is 10.0 Å². The molecule has 1 heterocycles. The highest BCUT2D eigenvalue weighted by Gasteiger charge is 2.27. The van der Waals surface area contributed by atoms with Gasteiger partial charge >= 0.3 is 0 Å². The molecule has 2 aromatic carbocycles. The molecule has 0 atom stereocenters. The lowest BCUT2D eigenvalue weighted by molar-refractivity contribution is -0.115. The summed E-state index contributed by atoms with van der Waals surface area (Å²) in [5, 5.41) is 8.10. The predicted molar refractivity (Wildman–Crippen MR) is 107 cm³/mol. The van der Waals surface area contributed by atoms with Gasteiger partial charge in [0, 0.05) is 34.0 Å². The predicted octanol–water partition coefficient (Wildman–Crippen LogP) is 2.97. The van der Waals surface area contributed by atoms with Crippen molar-refractivity contribution in [2.45, 2.75) is 6.54 Å². The summed E-state index contributed by atoms with van der Waals surface area (Å²) in [6.45, 7) is 3.88. The number of benzene rings is 2. The van der Waals surface area contributed by atoms with Crippen LogP contribution in [0.5, 0.6) is 0 Å². The highest BCUT2D eigenvalue weighted by molar-refractivity contribution is 9.10. The second kappa shape index (κ2) is 8.01. The molecule has 0 bridgehead atoms. The lowest BCUT2D eigenvalue weighted by Gasteiger charge is -2.18. The van der Waals surface area contributed by atoms with Crippen molar-refractivity contribution < 1.29 is 14.4 Å². The quantitative estimate of drug-likeness (QED) is 0.507. The van der Waals surface area contributed by atoms with Gasteiger partial charge < -0.3 is 10.6 Å². The second-order valence-electron chi connectivity index (χ2n) is 5.80. The van der Waals surface area contributed by atoms with Crippen LogP contribution in [-0.2, 0) is 16.1 Å². The van der Waals surface area contributed by atoms with Gasteiger partial charge in [0.1, 0.15) is 0 Å². The van der Waals surface area contributed by atoms with Crippen LogP contribution in [0.4, 0.5) is 5.69 Å². The second-order valence-corrected chi connectivity index (χ2v) is 6.72. The molecule has 1 aliphatic rings. The standard InChI is InChI=1S/C20H16BrN3O3/c1-2-18(25)23-14-6-3-12(4-7-14)10-22-11-17-16-9-13(21)5-8-15(16)19(26)24-20(17)27/h2-9,11,22H,1,10H2,(H,23,25)(H,24,26,27)/b17-11-. The van der Waals surface area contributed by atoms with E-state index in [9.17, 15) is 14.4 Å². The Morgan fingerprint density at radius 1 is 1.07 bits per heavy atom. The SMILES string of the molecule is C=CC(=O)Nc1ccc(CN/C=C2\C(=O)NC(=O)c3ccc(Br)cc32)cc1. The van der Waals surface area contributed by atoms with E-state index in [-0.39, 0.29) is 5.91 Å². The molecule has 0 aromatic heterocycles. The highest BCUT2D eigenvalue weighted by Crippen LogP contribution is 2.26. The zero-order chi connectivity index (χ0) is 19.4. The van der Waals surface area contributed by atoms with Crippen LogP contribution in [0.1, 0.15) is 21.5 Å². The molecule has 3 rings (SSSR count). The van der Waals surface area contributed by atoms with Crippen molar-refractivity contribution in [1.82, 2.24) is 10.6 Å². The molecule has 3 amide bonds. The number of halogens is 1. The van der Waals surface area contributed by atoms with Crippen LogP contribution < -0.4 is 16.0 Å². The summed E-state index contributed by atoms with van der Waals surface area (Å²) in [6, 6.07) is 12.5. The third kappa shape index (κ3) is 4.32. The van der Waals surface area contributed by atoms with Gasteiger partial charge in [0.2, 0.25) is 5.91 Å². The van der Waals surface area contributed by atoms with Gasteiger partial charge in [-0.05, 0) is 42.0 Å². The van der Waals surface area contributed by atoms with Crippen LogP contribution >= 0.6 is 15.9 Å². The number of rotatable bonds is 5. The molecule has 7 heteroatoms. The van der Waals surface area contributed by atoms with Crippen molar-refractivity contribution >= 4 is 44.9 Å². The molecular formula is C20H16BrN3O3. The Balaban J connectivity index is 1.73. The lowest BCUT2D eigenvalue weighted by atomic mass is 9.95. The van der Waals surface area contributed by atoms with Crippen molar-refractivity contribution in [3.8, 4) is 0 Å². The lowest BCUT2D eigenvalue weighted by Crippen LogP contribution is -2.37. The van der Waals surface area contributed by atoms with E-state index in [0.29, 0.717) is 28.9 Å². The first-order valence-corrected chi connectivity index (χ1v) is 8.89. The van der Waals surface area contributed by atoms with Gasteiger partial charge in [-0.2, -0.15) is 0 Å². The largest absolute Gasteiger partial charge is 0.386 e. The zero-order valence-electron chi connectivity index (χ0n) is 14.2. The number of anilines is 1. The van der Waals surface area contributed by atoms with E-state index in [2.05, 4.69) is 38.5 Å². The smallest absolute Gasteiger partial charge is 0.260 e. The number of imide groups is 1. The molecule has 27 heavy (non-hydrogen) atoms. The van der Waals surface area contributed by atoms with Gasteiger partial charge in [0.25, 0.3) is 11.8 Å². The summed E-state index contributed by atoms with van der Waals surface area (Å²) >= 11 is 3.36. The maximum absolute atomic E-state index is 12.2. The number of hydrogen-bond acceptors (Lipinski definition) is 4. The summed E-state index contributed by atoms with van der Waals surface area (Å²) in [4.78, 5) is 35.4. The maximum atomic E-state index is 12.2. The molecule has 6 nitrogen and oxygen atoms in total.